The number of unbranched alkanes of at least 4 members (excludes halogenated alkanes) is 1. The van der Waals surface area contributed by atoms with Gasteiger partial charge in [0.05, 0.1) is 27.1 Å². The van der Waals surface area contributed by atoms with E-state index in [0.29, 0.717) is 57.9 Å². The number of fused-ring (bicyclic) bond motifs is 2. The number of rotatable bonds is 15. The zero-order chi connectivity index (χ0) is 38.0. The van der Waals surface area contributed by atoms with E-state index in [1.54, 1.807) is 42.5 Å². The van der Waals surface area contributed by atoms with Gasteiger partial charge in [-0.3, -0.25) is 9.59 Å². The minimum Gasteiger partial charge on any atom is -0.748 e. The SMILES string of the molecule is CC(/C=C/C=C1/N(CCCCS(=O)(=O)[O-])c2ccc(S(=O)(=O)[O-])cc2C1(C)C)=C\C=C\C1=C(CS(=O)(=O)O)c2ccc(SOO[O-])cc2C1(C)C.[K+].[K+].[K+]. The minimum atomic E-state index is -4.71. The van der Waals surface area contributed by atoms with Gasteiger partial charge < -0.3 is 19.3 Å². The molecule has 4 rings (SSSR count). The molecular weight excluding hydrogens is 860 g/mol. The van der Waals surface area contributed by atoms with E-state index in [-0.39, 0.29) is 165 Å². The number of nitrogens with zero attached hydrogens (tertiary/aromatic N) is 1. The molecule has 0 unspecified atom stereocenters. The van der Waals surface area contributed by atoms with Crippen molar-refractivity contribution in [2.24, 2.45) is 0 Å². The fourth-order valence-electron chi connectivity index (χ4n) is 6.47. The Hall–Kier alpha value is 1.81. The topological polar surface area (TPSA) is 214 Å². The van der Waals surface area contributed by atoms with Crippen molar-refractivity contribution in [2.75, 3.05) is 23.0 Å². The molecule has 0 saturated heterocycles. The molecule has 0 atom stereocenters. The molecule has 0 fully saturated rings. The second kappa shape index (κ2) is 22.1. The molecule has 54 heavy (non-hydrogen) atoms. The first-order chi connectivity index (χ1) is 23.6. The van der Waals surface area contributed by atoms with Gasteiger partial charge in [0.15, 0.2) is 0 Å². The summed E-state index contributed by atoms with van der Waals surface area (Å²) in [6, 6.07) is 9.25. The Labute approximate surface area is 450 Å². The number of benzene rings is 2. The second-order valence-corrected chi connectivity index (χ2v) is 18.4. The summed E-state index contributed by atoms with van der Waals surface area (Å²) >= 11 is 0.711. The Morgan fingerprint density at radius 3 is 2.17 bits per heavy atom. The van der Waals surface area contributed by atoms with E-state index < -0.39 is 52.7 Å². The molecule has 0 aromatic heterocycles. The molecule has 20 heteroatoms. The van der Waals surface area contributed by atoms with E-state index in [2.05, 4.69) is 9.37 Å². The molecule has 2 aromatic rings. The third kappa shape index (κ3) is 14.2. The Morgan fingerprint density at radius 2 is 1.57 bits per heavy atom. The van der Waals surface area contributed by atoms with Gasteiger partial charge in [0.2, 0.25) is 0 Å². The van der Waals surface area contributed by atoms with E-state index in [1.165, 1.54) is 12.1 Å². The maximum Gasteiger partial charge on any atom is 1.00 e. The van der Waals surface area contributed by atoms with Crippen LogP contribution in [0.1, 0.15) is 64.2 Å². The summed E-state index contributed by atoms with van der Waals surface area (Å²) in [4.78, 5) is 2.12. The summed E-state index contributed by atoms with van der Waals surface area (Å²) < 4.78 is 107. The number of allylic oxidation sites excluding steroid dienone is 9. The molecule has 278 valence electrons. The normalized spacial score (nSPS) is 17.4. The van der Waals surface area contributed by atoms with Gasteiger partial charge in [0, 0.05) is 39.4 Å². The predicted molar refractivity (Wildman–Crippen MR) is 190 cm³/mol. The molecule has 0 radical (unpaired) electrons. The molecule has 1 aliphatic carbocycles. The van der Waals surface area contributed by atoms with Gasteiger partial charge in [0.25, 0.3) is 10.1 Å². The van der Waals surface area contributed by atoms with Crippen molar-refractivity contribution in [1.82, 2.24) is 0 Å². The standard InChI is InChI=1S/C34H41NO12S4.3K/c1-23(10-8-12-28-27(22-50(40,41)42)26-16-14-24(48-47-46-36)20-29(26)33(28,2)3)11-9-13-32-34(4,5)30-21-25(51(43,44)45)15-17-31(30)35(32)18-6-7-19-49(37,38)39;;;/h8-17,20-21,36H,6-7,18-19,22H2,1-5H3,(H,37,38,39)(H,40,41,42)(H,43,44,45);;;/q;3*+1/p-3/b11-9+,12-8+,23-10+,32-13+;;;. The van der Waals surface area contributed by atoms with Crippen LogP contribution in [0.5, 0.6) is 0 Å². The van der Waals surface area contributed by atoms with Gasteiger partial charge in [0.1, 0.15) is 15.9 Å². The first-order valence-electron chi connectivity index (χ1n) is 15.6. The van der Waals surface area contributed by atoms with Crippen LogP contribution in [0, 0.1) is 0 Å². The first-order valence-corrected chi connectivity index (χ1v) is 20.9. The van der Waals surface area contributed by atoms with Crippen LogP contribution in [0.25, 0.3) is 5.57 Å². The minimum absolute atomic E-state index is 0. The van der Waals surface area contributed by atoms with Crippen molar-refractivity contribution in [3.05, 3.63) is 106 Å². The van der Waals surface area contributed by atoms with Crippen molar-refractivity contribution in [1.29, 1.82) is 0 Å². The van der Waals surface area contributed by atoms with Crippen molar-refractivity contribution < 1.29 is 208 Å². The summed E-state index contributed by atoms with van der Waals surface area (Å²) in [5, 5.41) is 13.7. The molecule has 0 spiro atoms. The molecule has 1 N–H and O–H groups in total. The molecule has 13 nitrogen and oxygen atoms in total. The van der Waals surface area contributed by atoms with Crippen LogP contribution < -0.4 is 164 Å². The van der Waals surface area contributed by atoms with Gasteiger partial charge >= 0.3 is 154 Å². The monoisotopic (exact) mass is 897 g/mol. The van der Waals surface area contributed by atoms with Crippen LogP contribution in [-0.2, 0) is 50.6 Å². The van der Waals surface area contributed by atoms with E-state index in [4.69, 9.17) is 0 Å². The Kier molecular flexibility index (Phi) is 22.0. The summed E-state index contributed by atoms with van der Waals surface area (Å²) in [6.45, 7) is 9.77. The van der Waals surface area contributed by atoms with Crippen LogP contribution in [0.3, 0.4) is 0 Å². The smallest absolute Gasteiger partial charge is 0.748 e. The van der Waals surface area contributed by atoms with Crippen molar-refractivity contribution in [3.63, 3.8) is 0 Å². The molecule has 1 heterocycles. The molecule has 0 bridgehead atoms. The van der Waals surface area contributed by atoms with Crippen LogP contribution in [0.15, 0.2) is 99.5 Å². The van der Waals surface area contributed by atoms with Crippen LogP contribution in [0.4, 0.5) is 5.69 Å². The van der Waals surface area contributed by atoms with Crippen molar-refractivity contribution in [2.45, 2.75) is 68.1 Å². The van der Waals surface area contributed by atoms with Gasteiger partial charge in [-0.2, -0.15) is 12.8 Å². The van der Waals surface area contributed by atoms with Crippen LogP contribution in [-0.4, -0.2) is 57.0 Å². The van der Waals surface area contributed by atoms with E-state index in [1.807, 2.05) is 57.7 Å². The van der Waals surface area contributed by atoms with Gasteiger partial charge in [-0.15, -0.1) is 0 Å². The zero-order valence-corrected chi connectivity index (χ0v) is 44.1. The molecule has 0 amide bonds. The molecule has 2 aliphatic rings. The maximum absolute atomic E-state index is 12.0. The third-order valence-corrected chi connectivity index (χ3v) is 11.7. The average Bonchev–Trinajstić information content (AvgIpc) is 3.34. The fraction of sp³-hybridized carbons (Fsp3) is 0.353. The fourth-order valence-corrected chi connectivity index (χ4v) is 8.59. The summed E-state index contributed by atoms with van der Waals surface area (Å²) in [5.41, 5.74) is 3.92. The Balaban J connectivity index is 0.00000486. The average molecular weight is 898 g/mol. The summed E-state index contributed by atoms with van der Waals surface area (Å²) in [5.74, 6) is -1.11. The predicted octanol–water partition coefficient (Wildman–Crippen LogP) is -4.17. The van der Waals surface area contributed by atoms with Crippen molar-refractivity contribution in [3.8, 4) is 0 Å². The first kappa shape index (κ1) is 53.8. The Bertz CT molecular complexity index is 2180. The number of hydrogen-bond donors (Lipinski definition) is 1. The molecule has 2 aromatic carbocycles. The molecular formula is C34H38K3NO12S4. The quantitative estimate of drug-likeness (QED) is 0.0342. The van der Waals surface area contributed by atoms with Gasteiger partial charge in [-0.25, -0.2) is 16.8 Å². The van der Waals surface area contributed by atoms with E-state index in [9.17, 15) is 44.2 Å². The van der Waals surface area contributed by atoms with Gasteiger partial charge in [-0.1, -0.05) is 69.7 Å². The molecule has 1 aliphatic heterocycles. The third-order valence-electron chi connectivity index (χ3n) is 8.89. The zero-order valence-electron chi connectivity index (χ0n) is 31.5. The molecule has 0 saturated carbocycles. The second-order valence-electron chi connectivity index (χ2n) is 13.2. The van der Waals surface area contributed by atoms with Crippen LogP contribution >= 0.6 is 12.0 Å². The number of anilines is 1. The largest absolute Gasteiger partial charge is 1.00 e. The van der Waals surface area contributed by atoms with Crippen molar-refractivity contribution >= 4 is 53.7 Å². The Morgan fingerprint density at radius 1 is 0.907 bits per heavy atom. The van der Waals surface area contributed by atoms with Crippen LogP contribution in [0.2, 0.25) is 0 Å². The van der Waals surface area contributed by atoms with Gasteiger partial charge in [-0.05, 0) is 84.0 Å². The van der Waals surface area contributed by atoms with E-state index >= 15 is 0 Å². The van der Waals surface area contributed by atoms with E-state index in [0.717, 1.165) is 16.8 Å². The maximum atomic E-state index is 12.0. The summed E-state index contributed by atoms with van der Waals surface area (Å²) in [6.07, 6.45) is 11.3. The number of hydrogen-bond acceptors (Lipinski definition) is 13. The summed E-state index contributed by atoms with van der Waals surface area (Å²) in [7, 11) is -13.5.